The highest BCUT2D eigenvalue weighted by Gasteiger charge is 2.32. The number of pyridine rings is 1. The molecule has 214 valence electrons. The van der Waals surface area contributed by atoms with Gasteiger partial charge in [0, 0.05) is 63.3 Å². The molecule has 2 aromatic carbocycles. The number of benzene rings is 2. The second-order valence-corrected chi connectivity index (χ2v) is 10.5. The summed E-state index contributed by atoms with van der Waals surface area (Å²) in [6.07, 6.45) is 1.66. The number of ether oxygens (including phenoxy) is 1. The smallest absolute Gasteiger partial charge is 0.323 e. The number of anilines is 2. The van der Waals surface area contributed by atoms with Crippen molar-refractivity contribution in [3.8, 4) is 11.5 Å². The minimum atomic E-state index is -0.355. The number of halogens is 1. The molecule has 3 N–H and O–H groups in total. The number of hydrogen-bond acceptors (Lipinski definition) is 7. The van der Waals surface area contributed by atoms with Crippen molar-refractivity contribution in [2.45, 2.75) is 12.5 Å². The van der Waals surface area contributed by atoms with Gasteiger partial charge >= 0.3 is 6.03 Å². The molecule has 2 saturated heterocycles. The molecule has 2 fully saturated rings. The van der Waals surface area contributed by atoms with Crippen LogP contribution in [-0.4, -0.2) is 89.1 Å². The molecule has 0 radical (unpaired) electrons. The number of urea groups is 1. The first kappa shape index (κ1) is 28.4. The van der Waals surface area contributed by atoms with Crippen LogP contribution in [0.15, 0.2) is 66.9 Å². The minimum Gasteiger partial charge on any atom is -0.457 e. The normalized spacial score (nSPS) is 16.0. The second kappa shape index (κ2) is 13.0. The SMILES string of the molecule is CN1CC(N2CCN(C(=O)Nc3cc(Oc4ccc(NC(=S)NC(=O)Cc5ccc(F)cc5)cc4)ccn3)CC2)C1. The van der Waals surface area contributed by atoms with E-state index in [1.807, 2.05) is 4.90 Å². The highest BCUT2D eigenvalue weighted by molar-refractivity contribution is 7.80. The van der Waals surface area contributed by atoms with E-state index in [1.165, 1.54) is 12.1 Å². The van der Waals surface area contributed by atoms with E-state index in [0.29, 0.717) is 47.7 Å². The lowest BCUT2D eigenvalue weighted by atomic mass is 10.1. The van der Waals surface area contributed by atoms with Gasteiger partial charge in [-0.3, -0.25) is 15.0 Å². The number of nitrogens with one attached hydrogen (secondary N) is 3. The van der Waals surface area contributed by atoms with Crippen molar-refractivity contribution in [1.82, 2.24) is 25.0 Å². The van der Waals surface area contributed by atoms with E-state index in [9.17, 15) is 14.0 Å². The lowest BCUT2D eigenvalue weighted by molar-refractivity contribution is -0.119. The van der Waals surface area contributed by atoms with Gasteiger partial charge < -0.3 is 25.2 Å². The molecule has 2 aliphatic rings. The zero-order valence-electron chi connectivity index (χ0n) is 22.7. The molecule has 0 atom stereocenters. The van der Waals surface area contributed by atoms with Gasteiger partial charge in [-0.05, 0) is 67.3 Å². The van der Waals surface area contributed by atoms with Gasteiger partial charge in [-0.15, -0.1) is 0 Å². The Bertz CT molecular complexity index is 1380. The first-order valence-electron chi connectivity index (χ1n) is 13.4. The van der Waals surface area contributed by atoms with Gasteiger partial charge in [0.25, 0.3) is 0 Å². The van der Waals surface area contributed by atoms with Crippen LogP contribution in [0.2, 0.25) is 0 Å². The predicted octanol–water partition coefficient (Wildman–Crippen LogP) is 3.53. The first-order valence-corrected chi connectivity index (χ1v) is 13.8. The number of thiocarbonyl (C=S) groups is 1. The van der Waals surface area contributed by atoms with Crippen LogP contribution in [0.5, 0.6) is 11.5 Å². The predicted molar refractivity (Wildman–Crippen MR) is 159 cm³/mol. The Kier molecular flexibility index (Phi) is 9.02. The van der Waals surface area contributed by atoms with Gasteiger partial charge in [-0.1, -0.05) is 12.1 Å². The third kappa shape index (κ3) is 7.97. The summed E-state index contributed by atoms with van der Waals surface area (Å²) in [7, 11) is 2.12. The highest BCUT2D eigenvalue weighted by atomic mass is 32.1. The Morgan fingerprint density at radius 3 is 2.37 bits per heavy atom. The Morgan fingerprint density at radius 2 is 1.68 bits per heavy atom. The van der Waals surface area contributed by atoms with Crippen LogP contribution >= 0.6 is 12.2 Å². The molecule has 12 heteroatoms. The Hall–Kier alpha value is -4.13. The van der Waals surface area contributed by atoms with Crippen molar-refractivity contribution >= 4 is 40.8 Å². The molecule has 10 nitrogen and oxygen atoms in total. The van der Waals surface area contributed by atoms with Gasteiger partial charge in [-0.2, -0.15) is 0 Å². The maximum absolute atomic E-state index is 13.0. The summed E-state index contributed by atoms with van der Waals surface area (Å²) < 4.78 is 19.0. The van der Waals surface area contributed by atoms with Gasteiger partial charge in [0.1, 0.15) is 23.1 Å². The zero-order valence-corrected chi connectivity index (χ0v) is 23.5. The summed E-state index contributed by atoms with van der Waals surface area (Å²) in [4.78, 5) is 35.8. The number of aromatic nitrogens is 1. The lowest BCUT2D eigenvalue weighted by Gasteiger charge is -2.46. The van der Waals surface area contributed by atoms with Crippen molar-refractivity contribution in [2.24, 2.45) is 0 Å². The summed E-state index contributed by atoms with van der Waals surface area (Å²) in [5.41, 5.74) is 1.35. The fourth-order valence-electron chi connectivity index (χ4n) is 4.78. The fourth-order valence-corrected chi connectivity index (χ4v) is 5.01. The van der Waals surface area contributed by atoms with Gasteiger partial charge in [-0.25, -0.2) is 14.2 Å². The van der Waals surface area contributed by atoms with Gasteiger partial charge in [0.05, 0.1) is 6.42 Å². The Balaban J connectivity index is 1.07. The van der Waals surface area contributed by atoms with Gasteiger partial charge in [0.15, 0.2) is 5.11 Å². The number of amides is 3. The van der Waals surface area contributed by atoms with Crippen LogP contribution < -0.4 is 20.7 Å². The minimum absolute atomic E-state index is 0.0817. The molecule has 2 aliphatic heterocycles. The average Bonchev–Trinajstić information content (AvgIpc) is 2.94. The molecule has 0 saturated carbocycles. The molecule has 1 aromatic heterocycles. The average molecular weight is 578 g/mol. The standard InChI is InChI=1S/C29H32FN7O3S/c1-35-18-23(19-35)36-12-14-37(15-13-36)29(39)33-26-17-25(10-11-31-26)40-24-8-6-22(7-9-24)32-28(41)34-27(38)16-20-2-4-21(30)5-3-20/h2-11,17,23H,12-16,18-19H2,1H3,(H,31,33,39)(H2,32,34,38,41). The molecular formula is C29H32FN7O3S. The number of carbonyl (C=O) groups excluding carboxylic acids is 2. The van der Waals surface area contributed by atoms with Crippen molar-refractivity contribution in [3.05, 3.63) is 78.2 Å². The molecule has 3 amide bonds. The lowest BCUT2D eigenvalue weighted by Crippen LogP contribution is -2.62. The fraction of sp³-hybridized carbons (Fsp3) is 0.310. The Labute approximate surface area is 243 Å². The molecule has 5 rings (SSSR count). The maximum atomic E-state index is 13.0. The monoisotopic (exact) mass is 577 g/mol. The van der Waals surface area contributed by atoms with E-state index in [2.05, 4.69) is 37.8 Å². The third-order valence-corrected chi connectivity index (χ3v) is 7.21. The number of carbonyl (C=O) groups is 2. The van der Waals surface area contributed by atoms with Crippen LogP contribution in [0.25, 0.3) is 0 Å². The van der Waals surface area contributed by atoms with Crippen molar-refractivity contribution < 1.29 is 18.7 Å². The molecule has 0 unspecified atom stereocenters. The van der Waals surface area contributed by atoms with E-state index in [4.69, 9.17) is 17.0 Å². The van der Waals surface area contributed by atoms with Crippen LogP contribution in [0.1, 0.15) is 5.56 Å². The van der Waals surface area contributed by atoms with Crippen molar-refractivity contribution in [3.63, 3.8) is 0 Å². The zero-order chi connectivity index (χ0) is 28.8. The summed E-state index contributed by atoms with van der Waals surface area (Å²) in [6, 6.07) is 16.6. The van der Waals surface area contributed by atoms with Crippen LogP contribution in [0, 0.1) is 5.82 Å². The van der Waals surface area contributed by atoms with Crippen molar-refractivity contribution in [1.29, 1.82) is 0 Å². The van der Waals surface area contributed by atoms with E-state index in [-0.39, 0.29) is 29.3 Å². The van der Waals surface area contributed by atoms with E-state index >= 15 is 0 Å². The van der Waals surface area contributed by atoms with Crippen LogP contribution in [0.3, 0.4) is 0 Å². The second-order valence-electron chi connectivity index (χ2n) is 10.1. The molecule has 0 aliphatic carbocycles. The number of likely N-dealkylation sites (N-methyl/N-ethyl adjacent to an activating group) is 1. The maximum Gasteiger partial charge on any atom is 0.323 e. The third-order valence-electron chi connectivity index (χ3n) is 7.01. The highest BCUT2D eigenvalue weighted by Crippen LogP contribution is 2.25. The topological polar surface area (TPSA) is 102 Å². The summed E-state index contributed by atoms with van der Waals surface area (Å²) in [5.74, 6) is 0.850. The van der Waals surface area contributed by atoms with Crippen LogP contribution in [-0.2, 0) is 11.2 Å². The molecular weight excluding hydrogens is 545 g/mol. The summed E-state index contributed by atoms with van der Waals surface area (Å²) >= 11 is 5.23. The molecule has 0 bridgehead atoms. The quantitative estimate of drug-likeness (QED) is 0.367. The number of hydrogen-bond donors (Lipinski definition) is 3. The van der Waals surface area contributed by atoms with Gasteiger partial charge in [0.2, 0.25) is 5.91 Å². The van der Waals surface area contributed by atoms with E-state index in [1.54, 1.807) is 54.7 Å². The van der Waals surface area contributed by atoms with E-state index < -0.39 is 0 Å². The van der Waals surface area contributed by atoms with Crippen molar-refractivity contribution in [2.75, 3.05) is 56.9 Å². The Morgan fingerprint density at radius 1 is 0.976 bits per heavy atom. The van der Waals surface area contributed by atoms with E-state index in [0.717, 1.165) is 26.2 Å². The number of rotatable bonds is 7. The number of likely N-dealkylation sites (tertiary alicyclic amines) is 1. The number of piperazine rings is 1. The molecule has 41 heavy (non-hydrogen) atoms. The summed E-state index contributed by atoms with van der Waals surface area (Å²) in [5, 5.41) is 8.59. The summed E-state index contributed by atoms with van der Waals surface area (Å²) in [6.45, 7) is 5.30. The molecule has 3 aromatic rings. The van der Waals surface area contributed by atoms with Crippen LogP contribution in [0.4, 0.5) is 20.7 Å². The molecule has 0 spiro atoms. The molecule has 3 heterocycles. The number of nitrogens with zero attached hydrogens (tertiary/aromatic N) is 4. The first-order chi connectivity index (χ1) is 19.8. The largest absolute Gasteiger partial charge is 0.457 e.